The van der Waals surface area contributed by atoms with Crippen molar-refractivity contribution >= 4 is 0 Å². The minimum Gasteiger partial charge on any atom is -0.208 e. The third-order valence-corrected chi connectivity index (χ3v) is 3.25. The summed E-state index contributed by atoms with van der Waals surface area (Å²) < 4.78 is 4.14. The number of rotatable bonds is 4. The molecule has 0 N–H and O–H groups in total. The van der Waals surface area contributed by atoms with Crippen LogP contribution in [-0.4, -0.2) is 7.05 Å². The second-order valence-corrected chi connectivity index (χ2v) is 5.04. The Kier molecular flexibility index (Phi) is 7.74. The molecule has 0 atom stereocenters. The Balaban J connectivity index is 0.000000491. The molecule has 0 saturated heterocycles. The van der Waals surface area contributed by atoms with Gasteiger partial charge in [0.05, 0.1) is 6.92 Å². The maximum absolute atomic E-state index is 3.49. The maximum atomic E-state index is 3.49. The van der Waals surface area contributed by atoms with E-state index >= 15 is 0 Å². The van der Waals surface area contributed by atoms with Crippen LogP contribution in [0.2, 0.25) is 0 Å². The lowest BCUT2D eigenvalue weighted by atomic mass is 10.1. The first-order chi connectivity index (χ1) is 10.2. The van der Waals surface area contributed by atoms with Gasteiger partial charge in [0.25, 0.3) is 13.1 Å². The average molecular weight is 284 g/mol. The van der Waals surface area contributed by atoms with Crippen LogP contribution >= 0.6 is 0 Å². The van der Waals surface area contributed by atoms with Gasteiger partial charge in [0.2, 0.25) is 0 Å². The lowest BCUT2D eigenvalue weighted by Crippen LogP contribution is -2.26. The van der Waals surface area contributed by atoms with E-state index in [-0.39, 0.29) is 0 Å². The molecule has 0 bridgehead atoms. The molecule has 0 aliphatic carbocycles. The van der Waals surface area contributed by atoms with Crippen LogP contribution in [0, 0.1) is 6.07 Å². The van der Waals surface area contributed by atoms with Crippen LogP contribution in [0.3, 0.4) is 0 Å². The second-order valence-electron chi connectivity index (χ2n) is 5.04. The minimum absolute atomic E-state index is 1.15. The van der Waals surface area contributed by atoms with E-state index in [1.807, 2.05) is 14.1 Å². The van der Waals surface area contributed by atoms with Crippen molar-refractivity contribution in [2.24, 2.45) is 14.1 Å². The zero-order chi connectivity index (χ0) is 15.5. The molecule has 3 heteroatoms. The monoisotopic (exact) mass is 284 g/mol. The average Bonchev–Trinajstić information content (AvgIpc) is 2.51. The smallest absolute Gasteiger partial charge is 0.208 e. The SMILES string of the molecule is CC#[N+]C.C[n+]1ccc(CCCc2cc[n+](C)cc2)cc1. The number of nitrogens with zero attached hydrogens (tertiary/aromatic N) is 3. The topological polar surface area (TPSA) is 12.1 Å². The highest BCUT2D eigenvalue weighted by Gasteiger charge is 1.99. The van der Waals surface area contributed by atoms with Gasteiger partial charge in [0.15, 0.2) is 24.8 Å². The highest BCUT2D eigenvalue weighted by molar-refractivity contribution is 5.10. The molecule has 2 heterocycles. The van der Waals surface area contributed by atoms with E-state index in [4.69, 9.17) is 0 Å². The Morgan fingerprint density at radius 3 is 1.48 bits per heavy atom. The molecule has 110 valence electrons. The quantitative estimate of drug-likeness (QED) is 0.765. The molecule has 21 heavy (non-hydrogen) atoms. The molecule has 2 rings (SSSR count). The van der Waals surface area contributed by atoms with Crippen LogP contribution in [0.15, 0.2) is 49.1 Å². The lowest BCUT2D eigenvalue weighted by Gasteiger charge is -2.00. The van der Waals surface area contributed by atoms with Crippen molar-refractivity contribution in [3.63, 3.8) is 0 Å². The zero-order valence-electron chi connectivity index (χ0n) is 13.6. The number of aryl methyl sites for hydroxylation is 4. The van der Waals surface area contributed by atoms with Crippen LogP contribution in [0.5, 0.6) is 0 Å². The van der Waals surface area contributed by atoms with E-state index in [1.165, 1.54) is 17.5 Å². The Labute approximate surface area is 128 Å². The van der Waals surface area contributed by atoms with Gasteiger partial charge in [-0.3, -0.25) is 0 Å². The van der Waals surface area contributed by atoms with E-state index in [0.29, 0.717) is 0 Å². The molecule has 0 fully saturated rings. The van der Waals surface area contributed by atoms with E-state index < -0.39 is 0 Å². The van der Waals surface area contributed by atoms with Gasteiger partial charge in [-0.15, -0.1) is 0 Å². The van der Waals surface area contributed by atoms with Crippen LogP contribution in [0.4, 0.5) is 0 Å². The molecular weight excluding hydrogens is 258 g/mol. The lowest BCUT2D eigenvalue weighted by molar-refractivity contribution is -0.671. The predicted octanol–water partition coefficient (Wildman–Crippen LogP) is 2.48. The molecule has 0 aromatic carbocycles. The molecule has 0 spiro atoms. The van der Waals surface area contributed by atoms with Gasteiger partial charge in [-0.1, -0.05) is 4.85 Å². The second kappa shape index (κ2) is 9.66. The molecule has 0 radical (unpaired) electrons. The van der Waals surface area contributed by atoms with Gasteiger partial charge in [-0.05, 0) is 30.4 Å². The van der Waals surface area contributed by atoms with Crippen molar-refractivity contribution in [1.82, 2.24) is 0 Å². The number of hydrogen-bond donors (Lipinski definition) is 0. The van der Waals surface area contributed by atoms with E-state index in [1.54, 1.807) is 14.0 Å². The summed E-state index contributed by atoms with van der Waals surface area (Å²) in [5.74, 6) is 0. The third kappa shape index (κ3) is 7.22. The Morgan fingerprint density at radius 2 is 1.19 bits per heavy atom. The van der Waals surface area contributed by atoms with Crippen LogP contribution in [0.25, 0.3) is 4.85 Å². The maximum Gasteiger partial charge on any atom is 0.269 e. The molecule has 0 saturated carbocycles. The number of hydrogen-bond acceptors (Lipinski definition) is 0. The van der Waals surface area contributed by atoms with Gasteiger partial charge >= 0.3 is 0 Å². The Bertz CT molecular complexity index is 523. The summed E-state index contributed by atoms with van der Waals surface area (Å²) in [6, 6.07) is 11.4. The number of pyridine rings is 2. The van der Waals surface area contributed by atoms with Crippen molar-refractivity contribution in [1.29, 1.82) is 0 Å². The minimum atomic E-state index is 1.15. The van der Waals surface area contributed by atoms with Gasteiger partial charge < -0.3 is 0 Å². The van der Waals surface area contributed by atoms with Crippen molar-refractivity contribution in [2.75, 3.05) is 7.05 Å². The van der Waals surface area contributed by atoms with E-state index in [0.717, 1.165) is 12.8 Å². The Morgan fingerprint density at radius 1 is 0.857 bits per heavy atom. The summed E-state index contributed by atoms with van der Waals surface area (Å²) >= 11 is 0. The summed E-state index contributed by atoms with van der Waals surface area (Å²) in [5, 5.41) is 0. The van der Waals surface area contributed by atoms with Crippen molar-refractivity contribution in [2.45, 2.75) is 26.2 Å². The van der Waals surface area contributed by atoms with E-state index in [9.17, 15) is 0 Å². The molecule has 2 aromatic heterocycles. The predicted molar refractivity (Wildman–Crippen MR) is 86.1 cm³/mol. The molecule has 0 unspecified atom stereocenters. The van der Waals surface area contributed by atoms with Crippen LogP contribution in [0.1, 0.15) is 24.5 Å². The summed E-state index contributed by atoms with van der Waals surface area (Å²) in [6.07, 6.45) is 12.0. The van der Waals surface area contributed by atoms with Crippen LogP contribution < -0.4 is 9.13 Å². The summed E-state index contributed by atoms with van der Waals surface area (Å²) in [7, 11) is 5.79. The summed E-state index contributed by atoms with van der Waals surface area (Å²) in [6.45, 7) is 1.76. The third-order valence-electron chi connectivity index (χ3n) is 3.25. The standard InChI is InChI=1S/C15H20N2.C3H6N/c1-16-10-6-14(7-11-16)4-3-5-15-8-12-17(2)13-9-15;1-3-4-2/h6-13H,3-5H2,1-2H3;1-2H3/q+2;+1. The fraction of sp³-hybridized carbons (Fsp3) is 0.389. The summed E-state index contributed by atoms with van der Waals surface area (Å²) in [4.78, 5) is 3.49. The first-order valence-corrected chi connectivity index (χ1v) is 7.29. The van der Waals surface area contributed by atoms with Gasteiger partial charge in [0.1, 0.15) is 14.1 Å². The summed E-state index contributed by atoms with van der Waals surface area (Å²) in [5.41, 5.74) is 2.84. The molecule has 3 nitrogen and oxygen atoms in total. The first-order valence-electron chi connectivity index (χ1n) is 7.29. The first kappa shape index (κ1) is 16.8. The van der Waals surface area contributed by atoms with Crippen LogP contribution in [-0.2, 0) is 26.9 Å². The van der Waals surface area contributed by atoms with Gasteiger partial charge in [0, 0.05) is 24.3 Å². The number of aromatic nitrogens is 2. The molecule has 0 amide bonds. The fourth-order valence-corrected chi connectivity index (χ4v) is 1.89. The molecule has 0 aliphatic rings. The van der Waals surface area contributed by atoms with Crippen molar-refractivity contribution in [3.8, 4) is 6.07 Å². The van der Waals surface area contributed by atoms with Crippen molar-refractivity contribution in [3.05, 3.63) is 65.0 Å². The largest absolute Gasteiger partial charge is 0.269 e. The van der Waals surface area contributed by atoms with Crippen molar-refractivity contribution < 1.29 is 9.13 Å². The highest BCUT2D eigenvalue weighted by Crippen LogP contribution is 2.05. The highest BCUT2D eigenvalue weighted by atomic mass is 14.9. The molecular formula is C18H26N3+3. The normalized spacial score (nSPS) is 9.14. The van der Waals surface area contributed by atoms with Gasteiger partial charge in [-0.2, -0.15) is 0 Å². The Hall–Kier alpha value is -2.21. The molecule has 2 aromatic rings. The van der Waals surface area contributed by atoms with Gasteiger partial charge in [-0.25, -0.2) is 9.13 Å². The zero-order valence-corrected chi connectivity index (χ0v) is 13.6. The van der Waals surface area contributed by atoms with E-state index in [2.05, 4.69) is 69.1 Å². The molecule has 0 aliphatic heterocycles. The fourth-order valence-electron chi connectivity index (χ4n) is 1.89.